The third-order valence-electron chi connectivity index (χ3n) is 7.14. The number of aliphatic hydroxyl groups is 1. The van der Waals surface area contributed by atoms with Crippen LogP contribution < -0.4 is 15.0 Å². The molecule has 2 aliphatic heterocycles. The first kappa shape index (κ1) is 22.0. The van der Waals surface area contributed by atoms with E-state index in [2.05, 4.69) is 30.3 Å². The second kappa shape index (κ2) is 8.70. The summed E-state index contributed by atoms with van der Waals surface area (Å²) in [6.07, 6.45) is 9.70. The van der Waals surface area contributed by atoms with Crippen LogP contribution in [0, 0.1) is 0 Å². The van der Waals surface area contributed by atoms with E-state index in [1.54, 1.807) is 29.3 Å². The maximum absolute atomic E-state index is 13.4. The zero-order chi connectivity index (χ0) is 24.9. The van der Waals surface area contributed by atoms with Gasteiger partial charge < -0.3 is 24.6 Å². The van der Waals surface area contributed by atoms with Gasteiger partial charge in [0, 0.05) is 25.2 Å². The quantitative estimate of drug-likeness (QED) is 0.431. The number of fused-ring (bicyclic) bond motifs is 3. The molecule has 0 spiro atoms. The number of imidazole rings is 1. The van der Waals surface area contributed by atoms with Gasteiger partial charge >= 0.3 is 0 Å². The minimum atomic E-state index is -0.375. The van der Waals surface area contributed by atoms with Gasteiger partial charge in [0.25, 0.3) is 5.91 Å². The number of para-hydroxylation sites is 1. The summed E-state index contributed by atoms with van der Waals surface area (Å²) < 4.78 is 9.75. The molecule has 1 saturated carbocycles. The molecule has 0 unspecified atom stereocenters. The highest BCUT2D eigenvalue weighted by atomic mass is 16.5. The van der Waals surface area contributed by atoms with E-state index < -0.39 is 0 Å². The largest absolute Gasteiger partial charge is 0.489 e. The zero-order valence-electron chi connectivity index (χ0n) is 20.1. The molecule has 3 aromatic heterocycles. The predicted octanol–water partition coefficient (Wildman–Crippen LogP) is 2.62. The molecule has 3 aliphatic rings. The molecule has 37 heavy (non-hydrogen) atoms. The maximum atomic E-state index is 13.4. The van der Waals surface area contributed by atoms with E-state index in [4.69, 9.17) is 4.74 Å². The summed E-state index contributed by atoms with van der Waals surface area (Å²) in [4.78, 5) is 29.0. The molecule has 1 atom stereocenters. The topological polar surface area (TPSA) is 123 Å². The van der Waals surface area contributed by atoms with Crippen LogP contribution in [0.1, 0.15) is 41.4 Å². The van der Waals surface area contributed by atoms with Crippen molar-refractivity contribution in [3.8, 4) is 22.8 Å². The summed E-state index contributed by atoms with van der Waals surface area (Å²) >= 11 is 0. The number of carbonyl (C=O) groups excluding carboxylic acids is 1. The summed E-state index contributed by atoms with van der Waals surface area (Å²) in [7, 11) is 0. The highest BCUT2D eigenvalue weighted by molar-refractivity contribution is 6.05. The van der Waals surface area contributed by atoms with E-state index in [1.807, 2.05) is 22.9 Å². The van der Waals surface area contributed by atoms with E-state index >= 15 is 0 Å². The van der Waals surface area contributed by atoms with E-state index in [0.717, 1.165) is 42.0 Å². The molecule has 0 radical (unpaired) electrons. The van der Waals surface area contributed by atoms with Crippen LogP contribution in [-0.2, 0) is 6.54 Å². The van der Waals surface area contributed by atoms with Crippen molar-refractivity contribution in [3.63, 3.8) is 0 Å². The molecule has 11 heteroatoms. The van der Waals surface area contributed by atoms with E-state index in [0.29, 0.717) is 49.3 Å². The van der Waals surface area contributed by atoms with Gasteiger partial charge in [0.1, 0.15) is 18.6 Å². The van der Waals surface area contributed by atoms with Crippen LogP contribution in [0.25, 0.3) is 17.1 Å². The minimum Gasteiger partial charge on any atom is -0.489 e. The van der Waals surface area contributed by atoms with E-state index in [9.17, 15) is 9.90 Å². The monoisotopic (exact) mass is 498 g/mol. The number of carbonyl (C=O) groups is 1. The van der Waals surface area contributed by atoms with Crippen molar-refractivity contribution in [2.45, 2.75) is 37.8 Å². The molecule has 1 saturated heterocycles. The fourth-order valence-electron chi connectivity index (χ4n) is 5.06. The fourth-order valence-corrected chi connectivity index (χ4v) is 5.06. The van der Waals surface area contributed by atoms with Crippen molar-refractivity contribution in [2.24, 2.45) is 0 Å². The number of ether oxygens (including phenoxy) is 1. The van der Waals surface area contributed by atoms with E-state index in [-0.39, 0.29) is 17.7 Å². The van der Waals surface area contributed by atoms with Crippen molar-refractivity contribution < 1.29 is 14.6 Å². The Morgan fingerprint density at radius 2 is 2.03 bits per heavy atom. The van der Waals surface area contributed by atoms with Crippen LogP contribution in [-0.4, -0.2) is 66.1 Å². The lowest BCUT2D eigenvalue weighted by Gasteiger charge is -2.22. The Balaban J connectivity index is 1.23. The van der Waals surface area contributed by atoms with Crippen LogP contribution in [0.15, 0.2) is 49.3 Å². The van der Waals surface area contributed by atoms with Gasteiger partial charge in [-0.05, 0) is 37.5 Å². The number of hydrogen-bond donors (Lipinski definition) is 2. The summed E-state index contributed by atoms with van der Waals surface area (Å²) in [5, 5.41) is 17.4. The number of benzene rings is 1. The summed E-state index contributed by atoms with van der Waals surface area (Å²) in [5.74, 6) is 1.43. The smallest absolute Gasteiger partial charge is 0.274 e. The first-order valence-corrected chi connectivity index (χ1v) is 12.6. The molecule has 7 rings (SSSR count). The zero-order valence-corrected chi connectivity index (χ0v) is 20.1. The Morgan fingerprint density at radius 3 is 2.86 bits per heavy atom. The van der Waals surface area contributed by atoms with Crippen LogP contribution in [0.4, 0.5) is 11.4 Å². The number of hydrogen-bond acceptors (Lipinski definition) is 8. The lowest BCUT2D eigenvalue weighted by Crippen LogP contribution is -2.24. The van der Waals surface area contributed by atoms with Crippen LogP contribution in [0.5, 0.6) is 5.75 Å². The van der Waals surface area contributed by atoms with Crippen molar-refractivity contribution in [2.75, 3.05) is 29.9 Å². The van der Waals surface area contributed by atoms with Gasteiger partial charge in [0.15, 0.2) is 11.6 Å². The first-order chi connectivity index (χ1) is 18.1. The average Bonchev–Trinajstić information content (AvgIpc) is 3.29. The second-order valence-corrected chi connectivity index (χ2v) is 9.72. The van der Waals surface area contributed by atoms with E-state index in [1.165, 1.54) is 6.33 Å². The molecule has 1 aliphatic carbocycles. The minimum absolute atomic E-state index is 0.273. The SMILES string of the molecule is O=C(Nc1cccc2c1OCCn1ncnc1-2)c1cc(-n2cnc(C3CC3)c2)c(N2CC[C@@H](O)C2)cn1. The highest BCUT2D eigenvalue weighted by Crippen LogP contribution is 2.40. The molecule has 11 nitrogen and oxygen atoms in total. The molecule has 2 N–H and O–H groups in total. The van der Waals surface area contributed by atoms with Gasteiger partial charge in [-0.2, -0.15) is 5.10 Å². The number of aliphatic hydroxyl groups excluding tert-OH is 1. The van der Waals surface area contributed by atoms with Crippen molar-refractivity contribution >= 4 is 17.3 Å². The van der Waals surface area contributed by atoms with Gasteiger partial charge in [-0.3, -0.25) is 4.79 Å². The van der Waals surface area contributed by atoms with Gasteiger partial charge in [0.2, 0.25) is 0 Å². The Kier molecular flexibility index (Phi) is 5.17. The number of pyridine rings is 1. The number of β-amino-alcohol motifs (C(OH)–C–C–N with tert-alkyl or cyclic N) is 1. The van der Waals surface area contributed by atoms with Crippen LogP contribution in [0.2, 0.25) is 0 Å². The normalized spacial score (nSPS) is 18.6. The number of nitrogens with one attached hydrogen (secondary N) is 1. The molecule has 0 bridgehead atoms. The molecule has 5 heterocycles. The Hall–Kier alpha value is -4.25. The fraction of sp³-hybridized carbons (Fsp3) is 0.346. The van der Waals surface area contributed by atoms with Crippen molar-refractivity contribution in [3.05, 3.63) is 60.7 Å². The van der Waals surface area contributed by atoms with Crippen molar-refractivity contribution in [1.82, 2.24) is 29.3 Å². The lowest BCUT2D eigenvalue weighted by atomic mass is 10.1. The predicted molar refractivity (Wildman–Crippen MR) is 135 cm³/mol. The molecule has 2 fully saturated rings. The van der Waals surface area contributed by atoms with Crippen LogP contribution in [0.3, 0.4) is 0 Å². The Bertz CT molecular complexity index is 1490. The third-order valence-corrected chi connectivity index (χ3v) is 7.14. The molecular weight excluding hydrogens is 472 g/mol. The standard InChI is InChI=1S/C26H26N8O3/c35-17-6-7-32(12-17)23-11-27-20(10-22(23)33-13-21(29-15-33)16-4-5-16)26(36)31-19-3-1-2-18-24(19)37-9-8-34-25(18)28-14-30-34/h1-3,10-11,13-17,35H,4-9,12H2,(H,31,36)/t17-/m1/s1. The average molecular weight is 499 g/mol. The van der Waals surface area contributed by atoms with Crippen LogP contribution >= 0.6 is 0 Å². The Morgan fingerprint density at radius 1 is 1.11 bits per heavy atom. The second-order valence-electron chi connectivity index (χ2n) is 9.72. The number of anilines is 2. The summed E-state index contributed by atoms with van der Waals surface area (Å²) in [6, 6.07) is 7.35. The third kappa shape index (κ3) is 4.01. The summed E-state index contributed by atoms with van der Waals surface area (Å²) in [6.45, 7) is 2.24. The number of rotatable bonds is 5. The van der Waals surface area contributed by atoms with Gasteiger partial charge in [-0.25, -0.2) is 19.6 Å². The number of nitrogens with zero attached hydrogens (tertiary/aromatic N) is 7. The molecular formula is C26H26N8O3. The highest BCUT2D eigenvalue weighted by Gasteiger charge is 2.28. The molecule has 1 amide bonds. The lowest BCUT2D eigenvalue weighted by molar-refractivity contribution is 0.102. The Labute approximate surface area is 212 Å². The van der Waals surface area contributed by atoms with Gasteiger partial charge in [-0.1, -0.05) is 6.07 Å². The molecule has 4 aromatic rings. The first-order valence-electron chi connectivity index (χ1n) is 12.6. The maximum Gasteiger partial charge on any atom is 0.274 e. The summed E-state index contributed by atoms with van der Waals surface area (Å²) in [5.41, 5.74) is 4.33. The molecule has 1 aromatic carbocycles. The van der Waals surface area contributed by atoms with Gasteiger partial charge in [0.05, 0.1) is 53.5 Å². The molecule has 188 valence electrons. The van der Waals surface area contributed by atoms with Gasteiger partial charge in [-0.15, -0.1) is 0 Å². The van der Waals surface area contributed by atoms with Crippen molar-refractivity contribution in [1.29, 1.82) is 0 Å². The number of amides is 1. The number of aromatic nitrogens is 6.